The third-order valence-electron chi connectivity index (χ3n) is 4.25. The number of hydrogen-bond donors (Lipinski definition) is 1. The molecule has 3 rings (SSSR count). The highest BCUT2D eigenvalue weighted by atomic mass is 32.1. The van der Waals surface area contributed by atoms with Gasteiger partial charge in [-0.05, 0) is 37.5 Å². The Labute approximate surface area is 101 Å². The molecule has 0 saturated heterocycles. The molecule has 1 aromatic heterocycles. The lowest BCUT2D eigenvalue weighted by Crippen LogP contribution is -2.15. The Morgan fingerprint density at radius 1 is 1.44 bits per heavy atom. The number of aromatic nitrogens is 1. The predicted octanol–water partition coefficient (Wildman–Crippen LogP) is 2.79. The van der Waals surface area contributed by atoms with Crippen molar-refractivity contribution in [2.75, 3.05) is 0 Å². The van der Waals surface area contributed by atoms with Gasteiger partial charge in [-0.15, -0.1) is 11.3 Å². The number of hydrogen-bond acceptors (Lipinski definition) is 3. The molecule has 1 N–H and O–H groups in total. The zero-order valence-corrected chi connectivity index (χ0v) is 10.5. The van der Waals surface area contributed by atoms with Gasteiger partial charge in [0, 0.05) is 11.8 Å². The minimum atomic E-state index is -0.144. The van der Waals surface area contributed by atoms with E-state index in [-0.39, 0.29) is 6.10 Å². The van der Waals surface area contributed by atoms with Gasteiger partial charge >= 0.3 is 0 Å². The van der Waals surface area contributed by atoms with Gasteiger partial charge in [0.15, 0.2) is 0 Å². The Balaban J connectivity index is 1.60. The van der Waals surface area contributed by atoms with Crippen LogP contribution in [0.2, 0.25) is 0 Å². The smallest absolute Gasteiger partial charge is 0.0897 e. The Morgan fingerprint density at radius 3 is 2.69 bits per heavy atom. The second-order valence-electron chi connectivity index (χ2n) is 5.32. The fraction of sp³-hybridized carbons (Fsp3) is 0.769. The molecule has 1 heterocycles. The number of fused-ring (bicyclic) bond motifs is 1. The molecule has 2 nitrogen and oxygen atoms in total. The molecule has 0 aromatic carbocycles. The first kappa shape index (κ1) is 10.7. The van der Waals surface area contributed by atoms with E-state index in [4.69, 9.17) is 0 Å². The maximum atomic E-state index is 10.2. The summed E-state index contributed by atoms with van der Waals surface area (Å²) in [7, 11) is 0. The van der Waals surface area contributed by atoms with E-state index < -0.39 is 0 Å². The average molecular weight is 237 g/mol. The van der Waals surface area contributed by atoms with Gasteiger partial charge < -0.3 is 5.11 Å². The third kappa shape index (κ3) is 1.91. The highest BCUT2D eigenvalue weighted by Crippen LogP contribution is 2.57. The van der Waals surface area contributed by atoms with Crippen molar-refractivity contribution in [3.05, 3.63) is 16.1 Å². The van der Waals surface area contributed by atoms with Crippen molar-refractivity contribution in [3.8, 4) is 0 Å². The summed E-state index contributed by atoms with van der Waals surface area (Å²) in [5.41, 5.74) is 1.08. The number of nitrogens with zero attached hydrogens (tertiary/aromatic N) is 1. The molecule has 0 spiro atoms. The van der Waals surface area contributed by atoms with Crippen LogP contribution in [0.1, 0.15) is 36.4 Å². The van der Waals surface area contributed by atoms with Crippen LogP contribution in [0, 0.1) is 24.7 Å². The summed E-state index contributed by atoms with van der Waals surface area (Å²) >= 11 is 1.68. The number of aryl methyl sites for hydroxylation is 1. The van der Waals surface area contributed by atoms with Gasteiger partial charge in [-0.3, -0.25) is 0 Å². The SMILES string of the molecule is Cc1nc(CC(O)C2C3CCCCC32)cs1. The second kappa shape index (κ2) is 4.11. The van der Waals surface area contributed by atoms with E-state index in [1.807, 2.05) is 6.92 Å². The lowest BCUT2D eigenvalue weighted by Gasteiger charge is -2.07. The van der Waals surface area contributed by atoms with Crippen molar-refractivity contribution in [2.45, 2.75) is 45.1 Å². The lowest BCUT2D eigenvalue weighted by molar-refractivity contribution is 0.139. The summed E-state index contributed by atoms with van der Waals surface area (Å²) in [6.45, 7) is 2.03. The van der Waals surface area contributed by atoms with Gasteiger partial charge in [-0.25, -0.2) is 4.98 Å². The molecule has 3 atom stereocenters. The minimum absolute atomic E-state index is 0.144. The monoisotopic (exact) mass is 237 g/mol. The molecule has 3 unspecified atom stereocenters. The molecule has 3 heteroatoms. The maximum Gasteiger partial charge on any atom is 0.0897 e. The van der Waals surface area contributed by atoms with Crippen LogP contribution in [-0.2, 0) is 6.42 Å². The van der Waals surface area contributed by atoms with Crippen molar-refractivity contribution in [3.63, 3.8) is 0 Å². The fourth-order valence-electron chi connectivity index (χ4n) is 3.47. The van der Waals surface area contributed by atoms with Crippen molar-refractivity contribution in [1.29, 1.82) is 0 Å². The lowest BCUT2D eigenvalue weighted by atomic mass is 10.0. The van der Waals surface area contributed by atoms with E-state index in [9.17, 15) is 5.11 Å². The zero-order chi connectivity index (χ0) is 11.1. The molecule has 1 aromatic rings. The summed E-state index contributed by atoms with van der Waals surface area (Å²) in [4.78, 5) is 4.44. The van der Waals surface area contributed by atoms with Crippen LogP contribution in [-0.4, -0.2) is 16.2 Å². The molecule has 0 aliphatic heterocycles. The van der Waals surface area contributed by atoms with E-state index in [1.165, 1.54) is 25.7 Å². The molecule has 2 fully saturated rings. The third-order valence-corrected chi connectivity index (χ3v) is 5.07. The summed E-state index contributed by atoms with van der Waals surface area (Å²) in [6.07, 6.45) is 6.07. The van der Waals surface area contributed by atoms with Crippen molar-refractivity contribution in [2.24, 2.45) is 17.8 Å². The Morgan fingerprint density at radius 2 is 2.12 bits per heavy atom. The summed E-state index contributed by atoms with van der Waals surface area (Å²) in [5.74, 6) is 2.26. The van der Waals surface area contributed by atoms with Gasteiger partial charge in [0.25, 0.3) is 0 Å². The normalized spacial score (nSPS) is 34.5. The van der Waals surface area contributed by atoms with Crippen molar-refractivity contribution in [1.82, 2.24) is 4.98 Å². The first-order valence-electron chi connectivity index (χ1n) is 6.35. The number of thiazole rings is 1. The number of rotatable bonds is 3. The van der Waals surface area contributed by atoms with Crippen LogP contribution in [0.25, 0.3) is 0 Å². The van der Waals surface area contributed by atoms with Crippen LogP contribution in [0.4, 0.5) is 0 Å². The maximum absolute atomic E-state index is 10.2. The van der Waals surface area contributed by atoms with E-state index in [2.05, 4.69) is 10.4 Å². The van der Waals surface area contributed by atoms with Gasteiger partial charge in [-0.2, -0.15) is 0 Å². The van der Waals surface area contributed by atoms with E-state index in [0.717, 1.165) is 29.0 Å². The summed E-state index contributed by atoms with van der Waals surface area (Å²) < 4.78 is 0. The van der Waals surface area contributed by atoms with Crippen molar-refractivity contribution >= 4 is 11.3 Å². The minimum Gasteiger partial charge on any atom is -0.392 e. The van der Waals surface area contributed by atoms with Crippen LogP contribution >= 0.6 is 11.3 Å². The van der Waals surface area contributed by atoms with Crippen LogP contribution in [0.3, 0.4) is 0 Å². The molecular formula is C13H19NOS. The number of aliphatic hydroxyl groups excluding tert-OH is 1. The van der Waals surface area contributed by atoms with E-state index in [0.29, 0.717) is 5.92 Å². The molecule has 16 heavy (non-hydrogen) atoms. The fourth-order valence-corrected chi connectivity index (χ4v) is 4.10. The Hall–Kier alpha value is -0.410. The van der Waals surface area contributed by atoms with Gasteiger partial charge in [0.05, 0.1) is 16.8 Å². The Bertz CT molecular complexity index is 364. The van der Waals surface area contributed by atoms with Crippen LogP contribution in [0.5, 0.6) is 0 Å². The largest absolute Gasteiger partial charge is 0.392 e. The summed E-state index contributed by atoms with van der Waals surface area (Å²) in [6, 6.07) is 0. The van der Waals surface area contributed by atoms with E-state index in [1.54, 1.807) is 11.3 Å². The van der Waals surface area contributed by atoms with Crippen LogP contribution in [0.15, 0.2) is 5.38 Å². The van der Waals surface area contributed by atoms with Gasteiger partial charge in [0.1, 0.15) is 0 Å². The van der Waals surface area contributed by atoms with Crippen molar-refractivity contribution < 1.29 is 5.11 Å². The molecule has 0 radical (unpaired) electrons. The first-order chi connectivity index (χ1) is 7.75. The molecule has 2 aliphatic rings. The predicted molar refractivity (Wildman–Crippen MR) is 65.5 cm³/mol. The zero-order valence-electron chi connectivity index (χ0n) is 9.72. The average Bonchev–Trinajstić information content (AvgIpc) is 2.88. The van der Waals surface area contributed by atoms with Gasteiger partial charge in [0.2, 0.25) is 0 Å². The number of aliphatic hydroxyl groups is 1. The quantitative estimate of drug-likeness (QED) is 0.877. The topological polar surface area (TPSA) is 33.1 Å². The summed E-state index contributed by atoms with van der Waals surface area (Å²) in [5, 5.41) is 13.4. The highest BCUT2D eigenvalue weighted by molar-refractivity contribution is 7.09. The molecule has 2 saturated carbocycles. The first-order valence-corrected chi connectivity index (χ1v) is 7.23. The molecular weight excluding hydrogens is 218 g/mol. The molecule has 0 amide bonds. The molecule has 2 aliphatic carbocycles. The highest BCUT2D eigenvalue weighted by Gasteiger charge is 2.53. The van der Waals surface area contributed by atoms with Gasteiger partial charge in [-0.1, -0.05) is 12.8 Å². The molecule has 0 bridgehead atoms. The second-order valence-corrected chi connectivity index (χ2v) is 6.38. The van der Waals surface area contributed by atoms with Crippen LogP contribution < -0.4 is 0 Å². The molecule has 88 valence electrons. The standard InChI is InChI=1S/C13H19NOS/c1-8-14-9(7-16-8)6-12(15)13-10-4-2-3-5-11(10)13/h7,10-13,15H,2-6H2,1H3. The van der Waals surface area contributed by atoms with E-state index >= 15 is 0 Å². The Kier molecular flexibility index (Phi) is 2.76.